The van der Waals surface area contributed by atoms with Crippen LogP contribution in [0.15, 0.2) is 57.7 Å². The van der Waals surface area contributed by atoms with E-state index in [0.29, 0.717) is 35.4 Å². The molecule has 0 radical (unpaired) electrons. The number of amides is 1. The number of aryl methyl sites for hydroxylation is 1. The van der Waals surface area contributed by atoms with Gasteiger partial charge in [-0.15, -0.1) is 0 Å². The largest absolute Gasteiger partial charge is 0.494 e. The minimum absolute atomic E-state index is 0.181. The normalized spacial score (nSPS) is 13.5. The molecule has 4 rings (SSSR count). The van der Waals surface area contributed by atoms with Gasteiger partial charge in [-0.05, 0) is 43.5 Å². The smallest absolute Gasteiger partial charge is 0.337 e. The molecule has 0 N–H and O–H groups in total. The van der Waals surface area contributed by atoms with E-state index in [-0.39, 0.29) is 5.91 Å². The number of carbonyl (C=O) groups excluding carboxylic acids is 1. The molecule has 1 amide bonds. The van der Waals surface area contributed by atoms with Gasteiger partial charge in [0.15, 0.2) is 0 Å². The summed E-state index contributed by atoms with van der Waals surface area (Å²) in [6, 6.07) is 14.4. The quantitative estimate of drug-likeness (QED) is 0.675. The Morgan fingerprint density at radius 1 is 1.19 bits per heavy atom. The number of nitrogens with zero attached hydrogens (tertiary/aromatic N) is 1. The van der Waals surface area contributed by atoms with E-state index in [0.717, 1.165) is 24.1 Å². The lowest BCUT2D eigenvalue weighted by Gasteiger charge is -2.29. The molecule has 1 aliphatic rings. The Hall–Kier alpha value is -3.08. The van der Waals surface area contributed by atoms with E-state index in [9.17, 15) is 9.59 Å². The number of rotatable bonds is 3. The van der Waals surface area contributed by atoms with Gasteiger partial charge in [0.25, 0.3) is 5.91 Å². The Morgan fingerprint density at radius 2 is 2.04 bits per heavy atom. The van der Waals surface area contributed by atoms with Crippen molar-refractivity contribution in [2.75, 3.05) is 18.1 Å². The van der Waals surface area contributed by atoms with Crippen LogP contribution in [-0.4, -0.2) is 19.1 Å². The third kappa shape index (κ3) is 2.86. The average Bonchev–Trinajstić information content (AvgIpc) is 2.66. The van der Waals surface area contributed by atoms with Gasteiger partial charge in [0.05, 0.1) is 12.2 Å². The maximum absolute atomic E-state index is 13.3. The maximum Gasteiger partial charge on any atom is 0.337 e. The highest BCUT2D eigenvalue weighted by molar-refractivity contribution is 6.13. The van der Waals surface area contributed by atoms with Crippen molar-refractivity contribution in [1.29, 1.82) is 0 Å². The molecule has 26 heavy (non-hydrogen) atoms. The number of para-hydroxylation sites is 1. The SMILES string of the molecule is CCOc1ccc2c(C(=O)N3CCCc4ccccc43)cc(=O)oc2c1. The molecule has 0 aliphatic carbocycles. The summed E-state index contributed by atoms with van der Waals surface area (Å²) in [4.78, 5) is 27.0. The first-order valence-electron chi connectivity index (χ1n) is 8.78. The van der Waals surface area contributed by atoms with Crippen LogP contribution in [0.4, 0.5) is 5.69 Å². The second kappa shape index (κ2) is 6.67. The molecule has 1 aliphatic heterocycles. The molecule has 3 aromatic rings. The van der Waals surface area contributed by atoms with Crippen molar-refractivity contribution in [2.45, 2.75) is 19.8 Å². The summed E-state index contributed by atoms with van der Waals surface area (Å²) < 4.78 is 10.7. The Kier molecular flexibility index (Phi) is 4.21. The van der Waals surface area contributed by atoms with Gasteiger partial charge in [-0.25, -0.2) is 4.79 Å². The molecule has 5 nitrogen and oxygen atoms in total. The topological polar surface area (TPSA) is 59.8 Å². The van der Waals surface area contributed by atoms with Gasteiger partial charge in [-0.2, -0.15) is 0 Å². The molecule has 0 spiro atoms. The van der Waals surface area contributed by atoms with Crippen LogP contribution in [0.25, 0.3) is 11.0 Å². The molecular formula is C21H19NO4. The van der Waals surface area contributed by atoms with Crippen molar-refractivity contribution in [3.8, 4) is 5.75 Å². The zero-order valence-electron chi connectivity index (χ0n) is 14.5. The van der Waals surface area contributed by atoms with Crippen molar-refractivity contribution in [2.24, 2.45) is 0 Å². The molecule has 0 fully saturated rings. The van der Waals surface area contributed by atoms with Gasteiger partial charge < -0.3 is 14.1 Å². The number of hydrogen-bond acceptors (Lipinski definition) is 4. The van der Waals surface area contributed by atoms with E-state index < -0.39 is 5.63 Å². The lowest BCUT2D eigenvalue weighted by Crippen LogP contribution is -2.36. The number of anilines is 1. The van der Waals surface area contributed by atoms with Crippen LogP contribution in [0.2, 0.25) is 0 Å². The molecule has 2 heterocycles. The lowest BCUT2D eigenvalue weighted by molar-refractivity contribution is 0.0986. The van der Waals surface area contributed by atoms with Crippen molar-refractivity contribution in [1.82, 2.24) is 0 Å². The highest BCUT2D eigenvalue weighted by atomic mass is 16.5. The Balaban J connectivity index is 1.82. The first kappa shape index (κ1) is 16.4. The van der Waals surface area contributed by atoms with Gasteiger partial charge in [0.1, 0.15) is 11.3 Å². The van der Waals surface area contributed by atoms with E-state index in [4.69, 9.17) is 9.15 Å². The molecule has 0 bridgehead atoms. The van der Waals surface area contributed by atoms with Gasteiger partial charge >= 0.3 is 5.63 Å². The predicted molar refractivity (Wildman–Crippen MR) is 100 cm³/mol. The van der Waals surface area contributed by atoms with Gasteiger partial charge in [0.2, 0.25) is 0 Å². The zero-order valence-corrected chi connectivity index (χ0v) is 14.5. The van der Waals surface area contributed by atoms with E-state index in [1.807, 2.05) is 31.2 Å². The molecule has 2 aromatic carbocycles. The van der Waals surface area contributed by atoms with Crippen LogP contribution < -0.4 is 15.3 Å². The molecule has 5 heteroatoms. The summed E-state index contributed by atoms with van der Waals surface area (Å²) in [5, 5.41) is 0.612. The van der Waals surface area contributed by atoms with E-state index in [1.165, 1.54) is 6.07 Å². The Bertz CT molecular complexity index is 1040. The maximum atomic E-state index is 13.3. The minimum atomic E-state index is -0.542. The summed E-state index contributed by atoms with van der Waals surface area (Å²) in [6.07, 6.45) is 1.85. The van der Waals surface area contributed by atoms with Crippen molar-refractivity contribution in [3.05, 3.63) is 70.1 Å². The molecule has 0 unspecified atom stereocenters. The fourth-order valence-corrected chi connectivity index (χ4v) is 3.47. The second-order valence-electron chi connectivity index (χ2n) is 6.26. The van der Waals surface area contributed by atoms with Crippen molar-refractivity contribution >= 4 is 22.6 Å². The Morgan fingerprint density at radius 3 is 2.88 bits per heavy atom. The zero-order chi connectivity index (χ0) is 18.1. The molecule has 132 valence electrons. The third-order valence-electron chi connectivity index (χ3n) is 4.61. The fraction of sp³-hybridized carbons (Fsp3) is 0.238. The predicted octanol–water partition coefficient (Wildman–Crippen LogP) is 3.78. The van der Waals surface area contributed by atoms with Gasteiger partial charge in [0, 0.05) is 29.8 Å². The van der Waals surface area contributed by atoms with E-state index in [2.05, 4.69) is 0 Å². The fourth-order valence-electron chi connectivity index (χ4n) is 3.47. The van der Waals surface area contributed by atoms with Gasteiger partial charge in [-0.3, -0.25) is 4.79 Å². The first-order chi connectivity index (χ1) is 12.7. The van der Waals surface area contributed by atoms with Crippen molar-refractivity contribution in [3.63, 3.8) is 0 Å². The molecular weight excluding hydrogens is 330 g/mol. The monoisotopic (exact) mass is 349 g/mol. The van der Waals surface area contributed by atoms with E-state index >= 15 is 0 Å². The number of benzene rings is 2. The Labute approximate surface area is 150 Å². The highest BCUT2D eigenvalue weighted by Crippen LogP contribution is 2.30. The average molecular weight is 349 g/mol. The second-order valence-corrected chi connectivity index (χ2v) is 6.26. The summed E-state index contributed by atoms with van der Waals surface area (Å²) in [7, 11) is 0. The molecule has 0 saturated carbocycles. The first-order valence-corrected chi connectivity index (χ1v) is 8.78. The summed E-state index contributed by atoms with van der Waals surface area (Å²) in [5.41, 5.74) is 2.24. The minimum Gasteiger partial charge on any atom is -0.494 e. The van der Waals surface area contributed by atoms with Crippen LogP contribution in [0.3, 0.4) is 0 Å². The van der Waals surface area contributed by atoms with Crippen LogP contribution in [0.1, 0.15) is 29.3 Å². The van der Waals surface area contributed by atoms with Crippen LogP contribution in [0.5, 0.6) is 5.75 Å². The molecule has 0 saturated heterocycles. The summed E-state index contributed by atoms with van der Waals surface area (Å²) in [6.45, 7) is 3.03. The van der Waals surface area contributed by atoms with Crippen LogP contribution in [0, 0.1) is 0 Å². The number of hydrogen-bond donors (Lipinski definition) is 0. The third-order valence-corrected chi connectivity index (χ3v) is 4.61. The van der Waals surface area contributed by atoms with Crippen LogP contribution >= 0.6 is 0 Å². The van der Waals surface area contributed by atoms with Gasteiger partial charge in [-0.1, -0.05) is 18.2 Å². The lowest BCUT2D eigenvalue weighted by atomic mass is 10.00. The number of ether oxygens (including phenoxy) is 1. The van der Waals surface area contributed by atoms with Crippen molar-refractivity contribution < 1.29 is 13.9 Å². The number of carbonyl (C=O) groups is 1. The molecule has 1 aromatic heterocycles. The summed E-state index contributed by atoms with van der Waals surface area (Å²) >= 11 is 0. The molecule has 0 atom stereocenters. The van der Waals surface area contributed by atoms with E-state index in [1.54, 1.807) is 23.1 Å². The van der Waals surface area contributed by atoms with Crippen LogP contribution in [-0.2, 0) is 6.42 Å². The standard InChI is InChI=1S/C21H19NO4/c1-2-25-15-9-10-16-17(13-20(23)26-19(16)12-15)21(24)22-11-5-7-14-6-3-4-8-18(14)22/h3-4,6,8-10,12-13H,2,5,7,11H2,1H3. The highest BCUT2D eigenvalue weighted by Gasteiger charge is 2.25. The number of fused-ring (bicyclic) bond motifs is 2. The summed E-state index contributed by atoms with van der Waals surface area (Å²) in [5.74, 6) is 0.426.